The van der Waals surface area contributed by atoms with Crippen LogP contribution in [0.5, 0.6) is 0 Å². The number of hydrogen-bond donors (Lipinski definition) is 0. The van der Waals surface area contributed by atoms with Gasteiger partial charge in [0.1, 0.15) is 0 Å². The number of hydrogen-bond acceptors (Lipinski definition) is 0. The highest BCUT2D eigenvalue weighted by molar-refractivity contribution is 7.20. The average molecular weight is 799 g/mol. The molecule has 61 heavy (non-hydrogen) atoms. The second kappa shape index (κ2) is 12.6. The minimum atomic E-state index is -2.73. The molecule has 292 valence electrons. The molecule has 15 rings (SSSR count). The van der Waals surface area contributed by atoms with E-state index in [0.717, 1.165) is 11.8 Å². The van der Waals surface area contributed by atoms with Crippen molar-refractivity contribution in [1.29, 1.82) is 0 Å². The first-order chi connectivity index (χ1) is 30.2. The van der Waals surface area contributed by atoms with Gasteiger partial charge in [-0.25, -0.2) is 0 Å². The Bertz CT molecular complexity index is 3250. The molecule has 0 atom stereocenters. The maximum absolute atomic E-state index is 2.73. The zero-order valence-electron chi connectivity index (χ0n) is 34.2. The van der Waals surface area contributed by atoms with Gasteiger partial charge in [-0.15, -0.1) is 0 Å². The summed E-state index contributed by atoms with van der Waals surface area (Å²) in [5, 5.41) is 11.0. The molecule has 4 bridgehead atoms. The van der Waals surface area contributed by atoms with Gasteiger partial charge in [0.05, 0.1) is 27.8 Å². The Balaban J connectivity index is 1.08. The minimum Gasteiger partial charge on any atom is -0.309 e. The fourth-order valence-electron chi connectivity index (χ4n) is 14.3. The molecule has 2 aromatic heterocycles. The fraction of sp³-hybridized carbons (Fsp3) is 0.172. The van der Waals surface area contributed by atoms with E-state index in [4.69, 9.17) is 0 Å². The molecule has 0 amide bonds. The highest BCUT2D eigenvalue weighted by Gasteiger charge is 2.61. The van der Waals surface area contributed by atoms with Gasteiger partial charge in [-0.1, -0.05) is 158 Å². The monoisotopic (exact) mass is 798 g/mol. The molecule has 0 unspecified atom stereocenters. The summed E-state index contributed by atoms with van der Waals surface area (Å²) >= 11 is 0. The van der Waals surface area contributed by atoms with Crippen LogP contribution in [0.3, 0.4) is 0 Å². The Morgan fingerprint density at radius 2 is 0.885 bits per heavy atom. The molecular weight excluding hydrogens is 753 g/mol. The first-order valence-electron chi connectivity index (χ1n) is 22.6. The molecule has 5 aliphatic rings. The van der Waals surface area contributed by atoms with Crippen LogP contribution in [0.2, 0.25) is 0 Å². The smallest absolute Gasteiger partial charge is 0.179 e. The summed E-state index contributed by atoms with van der Waals surface area (Å²) in [6.45, 7) is 0. The van der Waals surface area contributed by atoms with Gasteiger partial charge in [0, 0.05) is 32.6 Å². The Morgan fingerprint density at radius 3 is 1.51 bits per heavy atom. The van der Waals surface area contributed by atoms with Crippen LogP contribution in [-0.2, 0) is 5.41 Å². The maximum atomic E-state index is 2.69. The summed E-state index contributed by atoms with van der Waals surface area (Å²) in [4.78, 5) is 0. The molecule has 0 saturated heterocycles. The lowest BCUT2D eigenvalue weighted by Gasteiger charge is -2.63. The van der Waals surface area contributed by atoms with Crippen molar-refractivity contribution in [2.24, 2.45) is 23.7 Å². The molecule has 1 spiro atoms. The van der Waals surface area contributed by atoms with Crippen molar-refractivity contribution in [3.8, 4) is 11.4 Å². The Labute approximate surface area is 357 Å². The third-order valence-corrected chi connectivity index (χ3v) is 21.0. The van der Waals surface area contributed by atoms with Gasteiger partial charge in [0.2, 0.25) is 0 Å². The molecule has 4 saturated carbocycles. The van der Waals surface area contributed by atoms with Gasteiger partial charge >= 0.3 is 0 Å². The molecule has 0 N–H and O–H groups in total. The summed E-state index contributed by atoms with van der Waals surface area (Å²) in [5.74, 6) is 3.11. The van der Waals surface area contributed by atoms with E-state index >= 15 is 0 Å². The predicted molar refractivity (Wildman–Crippen MR) is 257 cm³/mol. The summed E-state index contributed by atoms with van der Waals surface area (Å²) in [6.07, 6.45) is 6.90. The van der Waals surface area contributed by atoms with Crippen molar-refractivity contribution in [1.82, 2.24) is 9.13 Å². The van der Waals surface area contributed by atoms with Crippen LogP contribution in [-0.4, -0.2) is 17.2 Å². The Morgan fingerprint density at radius 1 is 0.377 bits per heavy atom. The largest absolute Gasteiger partial charge is 0.309 e. The Hall–Kier alpha value is -6.42. The van der Waals surface area contributed by atoms with E-state index in [1.807, 2.05) is 0 Å². The van der Waals surface area contributed by atoms with E-state index in [0.29, 0.717) is 11.8 Å². The minimum absolute atomic E-state index is 0.0147. The lowest BCUT2D eigenvalue weighted by Crippen LogP contribution is -2.74. The van der Waals surface area contributed by atoms with E-state index < -0.39 is 8.07 Å². The number of nitrogens with zero attached hydrogens (tertiary/aromatic N) is 2. The van der Waals surface area contributed by atoms with Crippen LogP contribution in [0.4, 0.5) is 0 Å². The molecule has 3 heteroatoms. The fourth-order valence-corrected chi connectivity index (χ4v) is 19.1. The number of fused-ring (bicyclic) bond motifs is 8. The molecule has 8 aromatic carbocycles. The quantitative estimate of drug-likeness (QED) is 0.121. The first kappa shape index (κ1) is 34.3. The molecule has 3 heterocycles. The topological polar surface area (TPSA) is 9.86 Å². The number of rotatable bonds is 5. The maximum Gasteiger partial charge on any atom is 0.179 e. The second-order valence-electron chi connectivity index (χ2n) is 18.9. The summed E-state index contributed by atoms with van der Waals surface area (Å²) in [7, 11) is -2.73. The van der Waals surface area contributed by atoms with Crippen LogP contribution in [0.1, 0.15) is 43.2 Å². The molecule has 4 fully saturated rings. The van der Waals surface area contributed by atoms with Gasteiger partial charge in [-0.05, 0) is 124 Å². The van der Waals surface area contributed by atoms with Crippen molar-refractivity contribution in [2.45, 2.75) is 37.5 Å². The third-order valence-electron chi connectivity index (χ3n) is 16.2. The van der Waals surface area contributed by atoms with Crippen molar-refractivity contribution in [2.75, 3.05) is 0 Å². The van der Waals surface area contributed by atoms with E-state index in [-0.39, 0.29) is 5.41 Å². The molecule has 10 aromatic rings. The van der Waals surface area contributed by atoms with Crippen molar-refractivity contribution >= 4 is 72.4 Å². The SMILES string of the molecule is c1ccc([Si](c2ccccc2)(c2ccccc2)c2ccc3c(c2)c2ccccc2n3-c2cc3c4c(c2)c2ccccc2n4-c2ccccc2C32C3CC4CC(C3)CC2C4)cc1. The highest BCUT2D eigenvalue weighted by atomic mass is 28.3. The highest BCUT2D eigenvalue weighted by Crippen LogP contribution is 2.68. The summed E-state index contributed by atoms with van der Waals surface area (Å²) in [6, 6.07) is 74.8. The number of aromatic nitrogens is 2. The van der Waals surface area contributed by atoms with Gasteiger partial charge in [-0.2, -0.15) is 0 Å². The predicted octanol–water partition coefficient (Wildman–Crippen LogP) is 11.3. The van der Waals surface area contributed by atoms with E-state index in [1.54, 1.807) is 11.1 Å². The van der Waals surface area contributed by atoms with Crippen LogP contribution >= 0.6 is 0 Å². The number of benzene rings is 8. The van der Waals surface area contributed by atoms with Gasteiger partial charge in [0.15, 0.2) is 8.07 Å². The third kappa shape index (κ3) is 4.42. The van der Waals surface area contributed by atoms with Crippen LogP contribution in [0.15, 0.2) is 194 Å². The van der Waals surface area contributed by atoms with E-state index in [2.05, 4.69) is 203 Å². The van der Waals surface area contributed by atoms with Crippen LogP contribution in [0.25, 0.3) is 55.0 Å². The molecular formula is C58H46N2Si. The standard InChI is InChI=1S/C58H46N2Si/c1-4-16-43(17-5-1)61(44-18-6-2-7-19-44,45-20-8-3-9-21-45)46-28-29-55-49(37-46)47-22-10-13-25-53(47)59(55)42-35-50-48-23-11-14-26-54(48)60-56-27-15-12-24-51(56)58(52(36-42)57(50)60)40-31-38-30-39(33-40)34-41(58)32-38/h1-29,35-41H,30-34H2. The average Bonchev–Trinajstić information content (AvgIpc) is 3.83. The van der Waals surface area contributed by atoms with E-state index in [1.165, 1.54) is 108 Å². The van der Waals surface area contributed by atoms with Gasteiger partial charge in [0.25, 0.3) is 0 Å². The molecule has 0 radical (unpaired) electrons. The summed E-state index contributed by atoms with van der Waals surface area (Å²) < 4.78 is 5.27. The zero-order chi connectivity index (χ0) is 39.9. The lowest BCUT2D eigenvalue weighted by molar-refractivity contribution is -0.0418. The first-order valence-corrected chi connectivity index (χ1v) is 24.6. The van der Waals surface area contributed by atoms with Gasteiger partial charge in [-0.3, -0.25) is 0 Å². The van der Waals surface area contributed by atoms with Gasteiger partial charge < -0.3 is 9.13 Å². The van der Waals surface area contributed by atoms with Crippen molar-refractivity contribution < 1.29 is 0 Å². The zero-order valence-corrected chi connectivity index (χ0v) is 35.2. The van der Waals surface area contributed by atoms with E-state index in [9.17, 15) is 0 Å². The Kier molecular flexibility index (Phi) is 7.07. The van der Waals surface area contributed by atoms with Crippen molar-refractivity contribution in [3.63, 3.8) is 0 Å². The molecule has 1 aliphatic heterocycles. The lowest BCUT2D eigenvalue weighted by atomic mass is 9.41. The molecule has 2 nitrogen and oxygen atoms in total. The van der Waals surface area contributed by atoms with Crippen LogP contribution < -0.4 is 20.7 Å². The summed E-state index contributed by atoms with van der Waals surface area (Å²) in [5.41, 5.74) is 11.2. The van der Waals surface area contributed by atoms with Crippen LogP contribution in [0, 0.1) is 23.7 Å². The van der Waals surface area contributed by atoms with Crippen molar-refractivity contribution in [3.05, 3.63) is 205 Å². The number of para-hydroxylation sites is 3. The normalized spacial score (nSPS) is 22.5. The molecule has 4 aliphatic carbocycles. The second-order valence-corrected chi connectivity index (χ2v) is 22.7.